The summed E-state index contributed by atoms with van der Waals surface area (Å²) >= 11 is 0. The number of hydrogen-bond donors (Lipinski definition) is 3. The highest BCUT2D eigenvalue weighted by Crippen LogP contribution is 2.15. The van der Waals surface area contributed by atoms with E-state index >= 15 is 0 Å². The lowest BCUT2D eigenvalue weighted by Gasteiger charge is -2.25. The maximum Gasteiger partial charge on any atom is 0.327 e. The van der Waals surface area contributed by atoms with Crippen molar-refractivity contribution in [2.24, 2.45) is 5.92 Å². The smallest absolute Gasteiger partial charge is 0.327 e. The van der Waals surface area contributed by atoms with E-state index in [4.69, 9.17) is 9.47 Å². The number of carbonyl (C=O) groups excluding carboxylic acids is 4. The predicted octanol–water partition coefficient (Wildman–Crippen LogP) is 0.575. The molecule has 0 spiro atoms. The Morgan fingerprint density at radius 1 is 1.03 bits per heavy atom. The van der Waals surface area contributed by atoms with Crippen LogP contribution in [0.4, 0.5) is 4.39 Å². The van der Waals surface area contributed by atoms with Gasteiger partial charge in [0.15, 0.2) is 0 Å². The van der Waals surface area contributed by atoms with Gasteiger partial charge in [0.25, 0.3) is 0 Å². The summed E-state index contributed by atoms with van der Waals surface area (Å²) < 4.78 is 23.7. The Morgan fingerprint density at radius 2 is 1.66 bits per heavy atom. The van der Waals surface area contributed by atoms with Gasteiger partial charge in [0.05, 0.1) is 25.6 Å². The number of nitrogens with one attached hydrogen (secondary N) is 2. The molecule has 0 heterocycles. The summed E-state index contributed by atoms with van der Waals surface area (Å²) in [5.41, 5.74) is 0.113. The number of esters is 2. The molecule has 0 aromatic heterocycles. The van der Waals surface area contributed by atoms with E-state index in [0.717, 1.165) is 6.92 Å². The topological polar surface area (TPSA) is 148 Å². The van der Waals surface area contributed by atoms with Crippen LogP contribution in [-0.2, 0) is 39.9 Å². The van der Waals surface area contributed by atoms with Crippen LogP contribution >= 0.6 is 0 Å². The first kappa shape index (κ1) is 26.5. The van der Waals surface area contributed by atoms with Crippen LogP contribution in [0.3, 0.4) is 0 Å². The number of carbonyl (C=O) groups is 5. The summed E-state index contributed by atoms with van der Waals surface area (Å²) in [6.07, 6.45) is -0.922. The molecular weight excluding hydrogens is 427 g/mol. The molecule has 176 valence electrons. The molecule has 0 aliphatic heterocycles. The highest BCUT2D eigenvalue weighted by atomic mass is 19.1. The molecule has 0 aliphatic carbocycles. The maximum absolute atomic E-state index is 14.0. The summed E-state index contributed by atoms with van der Waals surface area (Å²) in [5, 5.41) is 14.1. The molecule has 10 nitrogen and oxygen atoms in total. The number of amides is 2. The van der Waals surface area contributed by atoms with Crippen LogP contribution in [-0.4, -0.2) is 60.1 Å². The molecule has 1 aromatic carbocycles. The number of ether oxygens (including phenoxy) is 2. The molecule has 0 aliphatic rings. The second kappa shape index (κ2) is 13.0. The number of rotatable bonds is 12. The molecule has 2 amide bonds. The summed E-state index contributed by atoms with van der Waals surface area (Å²) in [7, 11) is 0. The average molecular weight is 454 g/mol. The first-order valence-electron chi connectivity index (χ1n) is 9.96. The zero-order valence-electron chi connectivity index (χ0n) is 18.1. The lowest BCUT2D eigenvalue weighted by Crippen LogP contribution is -2.56. The molecule has 32 heavy (non-hydrogen) atoms. The van der Waals surface area contributed by atoms with E-state index in [1.54, 1.807) is 0 Å². The molecule has 3 atom stereocenters. The number of benzene rings is 1. The summed E-state index contributed by atoms with van der Waals surface area (Å²) in [6.45, 7) is 4.09. The van der Waals surface area contributed by atoms with Crippen molar-refractivity contribution in [3.63, 3.8) is 0 Å². The van der Waals surface area contributed by atoms with Gasteiger partial charge in [0, 0.05) is 13.3 Å². The molecular formula is C21H27FN2O8. The molecule has 11 heteroatoms. The van der Waals surface area contributed by atoms with Gasteiger partial charge in [-0.3, -0.25) is 19.2 Å². The zero-order chi connectivity index (χ0) is 24.3. The minimum Gasteiger partial charge on any atom is -0.480 e. The molecule has 0 unspecified atom stereocenters. The average Bonchev–Trinajstić information content (AvgIpc) is 2.71. The molecule has 0 bridgehead atoms. The molecule has 0 saturated heterocycles. The van der Waals surface area contributed by atoms with Crippen LogP contribution in [0.1, 0.15) is 32.8 Å². The second-order valence-corrected chi connectivity index (χ2v) is 6.74. The minimum absolute atomic E-state index is 0.00568. The van der Waals surface area contributed by atoms with Crippen LogP contribution in [0.25, 0.3) is 0 Å². The first-order valence-corrected chi connectivity index (χ1v) is 9.96. The highest BCUT2D eigenvalue weighted by molar-refractivity contribution is 5.93. The van der Waals surface area contributed by atoms with Gasteiger partial charge >= 0.3 is 17.9 Å². The third-order valence-corrected chi connectivity index (χ3v) is 4.32. The molecule has 1 rings (SSSR count). The van der Waals surface area contributed by atoms with Gasteiger partial charge in [-0.2, -0.15) is 0 Å². The largest absolute Gasteiger partial charge is 0.480 e. The fourth-order valence-electron chi connectivity index (χ4n) is 2.91. The Hall–Kier alpha value is -3.50. The summed E-state index contributed by atoms with van der Waals surface area (Å²) in [6, 6.07) is 2.38. The monoisotopic (exact) mass is 454 g/mol. The number of aliphatic carboxylic acids is 1. The van der Waals surface area contributed by atoms with E-state index in [1.165, 1.54) is 38.1 Å². The number of carboxylic acids is 1. The molecule has 0 saturated carbocycles. The van der Waals surface area contributed by atoms with Crippen molar-refractivity contribution in [3.05, 3.63) is 35.6 Å². The van der Waals surface area contributed by atoms with Gasteiger partial charge in [0.1, 0.15) is 17.9 Å². The standard InChI is InChI=1S/C21H27FN2O8/c1-4-31-17(26)11-14(21(30)32-5-2)18(20(28)29)24-19(27)16(23-12(3)25)10-13-8-6-7-9-15(13)22/h6-9,14,16,18H,4-5,10-11H2,1-3H3,(H,23,25)(H,24,27)(H,28,29)/t14-,16+,18+/m0/s1. The minimum atomic E-state index is -1.86. The normalized spacial score (nSPS) is 13.2. The van der Waals surface area contributed by atoms with Gasteiger partial charge in [-0.25, -0.2) is 9.18 Å². The first-order chi connectivity index (χ1) is 15.1. The van der Waals surface area contributed by atoms with Gasteiger partial charge in [0.2, 0.25) is 11.8 Å². The van der Waals surface area contributed by atoms with Crippen molar-refractivity contribution in [3.8, 4) is 0 Å². The SMILES string of the molecule is CCOC(=O)C[C@H](C(=O)OCC)[C@@H](NC(=O)[C@@H](Cc1ccccc1F)NC(C)=O)C(=O)O. The van der Waals surface area contributed by atoms with Crippen molar-refractivity contribution in [2.45, 2.75) is 45.7 Å². The molecule has 1 aromatic rings. The van der Waals surface area contributed by atoms with Crippen molar-refractivity contribution in [1.82, 2.24) is 10.6 Å². The Bertz CT molecular complexity index is 845. The van der Waals surface area contributed by atoms with E-state index in [0.29, 0.717) is 0 Å². The number of hydrogen-bond acceptors (Lipinski definition) is 7. The molecule has 3 N–H and O–H groups in total. The lowest BCUT2D eigenvalue weighted by atomic mass is 9.95. The van der Waals surface area contributed by atoms with E-state index in [-0.39, 0.29) is 25.2 Å². The van der Waals surface area contributed by atoms with Crippen molar-refractivity contribution in [1.29, 1.82) is 0 Å². The van der Waals surface area contributed by atoms with Gasteiger partial charge < -0.3 is 25.2 Å². The Morgan fingerprint density at radius 3 is 2.19 bits per heavy atom. The van der Waals surface area contributed by atoms with Crippen molar-refractivity contribution in [2.75, 3.05) is 13.2 Å². The van der Waals surface area contributed by atoms with Gasteiger partial charge in [-0.1, -0.05) is 18.2 Å². The van der Waals surface area contributed by atoms with Gasteiger partial charge in [-0.05, 0) is 25.5 Å². The Labute approximate surface area is 184 Å². The highest BCUT2D eigenvalue weighted by Gasteiger charge is 2.39. The van der Waals surface area contributed by atoms with Crippen molar-refractivity contribution >= 4 is 29.7 Å². The maximum atomic E-state index is 14.0. The van der Waals surface area contributed by atoms with Crippen LogP contribution in [0.2, 0.25) is 0 Å². The van der Waals surface area contributed by atoms with Crippen molar-refractivity contribution < 1.29 is 42.9 Å². The van der Waals surface area contributed by atoms with Crippen LogP contribution < -0.4 is 10.6 Å². The second-order valence-electron chi connectivity index (χ2n) is 6.74. The lowest BCUT2D eigenvalue weighted by molar-refractivity contribution is -0.160. The van der Waals surface area contributed by atoms with Crippen LogP contribution in [0, 0.1) is 11.7 Å². The fraction of sp³-hybridized carbons (Fsp3) is 0.476. The molecule has 0 fully saturated rings. The Balaban J connectivity index is 3.16. The summed E-state index contributed by atoms with van der Waals surface area (Å²) in [5.74, 6) is -7.25. The number of carboxylic acid groups (broad SMARTS) is 1. The quantitative estimate of drug-likeness (QED) is 0.388. The van der Waals surface area contributed by atoms with Crippen LogP contribution in [0.15, 0.2) is 24.3 Å². The zero-order valence-corrected chi connectivity index (χ0v) is 18.1. The third-order valence-electron chi connectivity index (χ3n) is 4.32. The Kier molecular flexibility index (Phi) is 10.8. The predicted molar refractivity (Wildman–Crippen MR) is 109 cm³/mol. The summed E-state index contributed by atoms with van der Waals surface area (Å²) in [4.78, 5) is 60.5. The fourth-order valence-corrected chi connectivity index (χ4v) is 2.91. The van der Waals surface area contributed by atoms with E-state index in [1.807, 2.05) is 0 Å². The third kappa shape index (κ3) is 8.32. The van der Waals surface area contributed by atoms with Crippen LogP contribution in [0.5, 0.6) is 0 Å². The van der Waals surface area contributed by atoms with E-state index in [2.05, 4.69) is 10.6 Å². The van der Waals surface area contributed by atoms with E-state index in [9.17, 15) is 33.5 Å². The number of halogens is 1. The molecule has 0 radical (unpaired) electrons. The van der Waals surface area contributed by atoms with E-state index < -0.39 is 60.0 Å². The van der Waals surface area contributed by atoms with Gasteiger partial charge in [-0.15, -0.1) is 0 Å².